The first-order valence-corrected chi connectivity index (χ1v) is 11.8. The maximum Gasteiger partial charge on any atom is 0.337 e. The lowest BCUT2D eigenvalue weighted by molar-refractivity contribution is -0.394. The molecule has 17 heteroatoms. The predicted octanol–water partition coefficient (Wildman–Crippen LogP) is 1.73. The number of amides is 2. The largest absolute Gasteiger partial charge is 0.502 e. The lowest BCUT2D eigenvalue weighted by atomic mass is 9.95. The number of hydrazone groups is 1. The molecule has 0 bridgehead atoms. The van der Waals surface area contributed by atoms with E-state index in [0.717, 1.165) is 12.3 Å². The molecule has 0 saturated carbocycles. The average molecular weight is 575 g/mol. The number of carbonyl (C=O) groups excluding carboxylic acids is 2. The smallest absolute Gasteiger partial charge is 0.337 e. The van der Waals surface area contributed by atoms with Crippen LogP contribution in [0.25, 0.3) is 0 Å². The van der Waals surface area contributed by atoms with Crippen LogP contribution in [-0.2, 0) is 9.53 Å². The van der Waals surface area contributed by atoms with Gasteiger partial charge in [-0.2, -0.15) is 5.10 Å². The molecule has 1 aliphatic heterocycles. The number of aliphatic hydroxyl groups excluding tert-OH is 1. The van der Waals surface area contributed by atoms with E-state index in [1.54, 1.807) is 26.0 Å². The molecule has 0 saturated heterocycles. The summed E-state index contributed by atoms with van der Waals surface area (Å²) in [4.78, 5) is 44.7. The third kappa shape index (κ3) is 7.15. The van der Waals surface area contributed by atoms with Gasteiger partial charge in [0, 0.05) is 11.8 Å². The van der Waals surface area contributed by atoms with Crippen LogP contribution in [0, 0.1) is 20.2 Å². The second kappa shape index (κ2) is 13.1. The molecular formula is C24H26N6O11. The van der Waals surface area contributed by atoms with Crippen molar-refractivity contribution in [3.63, 3.8) is 0 Å². The molecule has 0 unspecified atom stereocenters. The quantitative estimate of drug-likeness (QED) is 0.0801. The summed E-state index contributed by atoms with van der Waals surface area (Å²) in [6, 6.07) is 4.78. The maximum absolute atomic E-state index is 12.4. The van der Waals surface area contributed by atoms with E-state index >= 15 is 0 Å². The number of aromatic hydroxyl groups is 1. The highest BCUT2D eigenvalue weighted by atomic mass is 16.6. The molecule has 2 atom stereocenters. The molecule has 218 valence electrons. The standard InChI is InChI=1S/C24H26N6O11/c1-4-40-18-8-13(21-20(23(33)39-3)12(2)26-24(34)27-21)5-6-17(18)41-11-19(31)28-25-10-14-7-15(29(35)36)9-16(22(14)32)30(37)38/h5-10,19,21,28,31-32H,4,11H2,1-3H3,(H2,26,27,34)/b25-10-/t19-,21+/m0/s1. The molecule has 0 aliphatic carbocycles. The van der Waals surface area contributed by atoms with E-state index in [2.05, 4.69) is 21.2 Å². The van der Waals surface area contributed by atoms with E-state index in [1.807, 2.05) is 0 Å². The van der Waals surface area contributed by atoms with Gasteiger partial charge in [0.05, 0.1) is 53.0 Å². The van der Waals surface area contributed by atoms with Gasteiger partial charge in [-0.15, -0.1) is 0 Å². The SMILES string of the molecule is CCOc1cc([C@H]2NC(=O)NC(C)=C2C(=O)OC)ccc1OC[C@H](O)N/N=C\c1cc([N+](=O)[O-])cc([N+](=O)[O-])c1O. The number of carbonyl (C=O) groups is 2. The van der Waals surface area contributed by atoms with Gasteiger partial charge >= 0.3 is 17.7 Å². The van der Waals surface area contributed by atoms with Crippen LogP contribution in [-0.4, -0.2) is 64.8 Å². The fraction of sp³-hybridized carbons (Fsp3) is 0.292. The molecule has 0 fully saturated rings. The highest BCUT2D eigenvalue weighted by Gasteiger charge is 2.32. The number of esters is 1. The number of nitro groups is 2. The van der Waals surface area contributed by atoms with E-state index in [0.29, 0.717) is 17.3 Å². The molecule has 1 heterocycles. The van der Waals surface area contributed by atoms with E-state index in [1.165, 1.54) is 13.2 Å². The molecule has 17 nitrogen and oxygen atoms in total. The number of hydrogen-bond donors (Lipinski definition) is 5. The number of non-ortho nitro benzene ring substituents is 1. The number of nitrogens with one attached hydrogen (secondary N) is 3. The molecule has 5 N–H and O–H groups in total. The first kappa shape index (κ1) is 30.1. The Morgan fingerprint density at radius 1 is 1.20 bits per heavy atom. The van der Waals surface area contributed by atoms with Crippen molar-refractivity contribution in [1.29, 1.82) is 0 Å². The highest BCUT2D eigenvalue weighted by molar-refractivity contribution is 5.95. The van der Waals surface area contributed by atoms with Crippen LogP contribution < -0.4 is 25.5 Å². The molecule has 41 heavy (non-hydrogen) atoms. The van der Waals surface area contributed by atoms with Crippen molar-refractivity contribution < 1.29 is 43.9 Å². The zero-order valence-corrected chi connectivity index (χ0v) is 21.9. The van der Waals surface area contributed by atoms with E-state index < -0.39 is 51.2 Å². The molecule has 0 aromatic heterocycles. The van der Waals surface area contributed by atoms with Crippen LogP contribution in [0.5, 0.6) is 17.2 Å². The van der Waals surface area contributed by atoms with Crippen molar-refractivity contribution in [3.05, 3.63) is 73.0 Å². The van der Waals surface area contributed by atoms with Gasteiger partial charge in [-0.05, 0) is 31.5 Å². The lowest BCUT2D eigenvalue weighted by Crippen LogP contribution is -2.45. The topological polar surface area (TPSA) is 237 Å². The van der Waals surface area contributed by atoms with Crippen LogP contribution in [0.4, 0.5) is 16.2 Å². The molecule has 1 aliphatic rings. The van der Waals surface area contributed by atoms with Crippen molar-refractivity contribution in [1.82, 2.24) is 16.1 Å². The zero-order valence-electron chi connectivity index (χ0n) is 21.9. The summed E-state index contributed by atoms with van der Waals surface area (Å²) in [5.74, 6) is -1.04. The third-order valence-corrected chi connectivity index (χ3v) is 5.61. The van der Waals surface area contributed by atoms with Crippen LogP contribution >= 0.6 is 0 Å². The average Bonchev–Trinajstić information content (AvgIpc) is 2.92. The van der Waals surface area contributed by atoms with Crippen molar-refractivity contribution >= 4 is 29.6 Å². The fourth-order valence-corrected chi connectivity index (χ4v) is 3.78. The summed E-state index contributed by atoms with van der Waals surface area (Å²) in [6.07, 6.45) is -0.572. The maximum atomic E-state index is 12.4. The predicted molar refractivity (Wildman–Crippen MR) is 140 cm³/mol. The van der Waals surface area contributed by atoms with Gasteiger partial charge in [-0.25, -0.2) is 9.59 Å². The monoisotopic (exact) mass is 574 g/mol. The van der Waals surface area contributed by atoms with Crippen molar-refractivity contribution in [2.24, 2.45) is 5.10 Å². The van der Waals surface area contributed by atoms with Crippen LogP contribution in [0.2, 0.25) is 0 Å². The minimum absolute atomic E-state index is 0.195. The summed E-state index contributed by atoms with van der Waals surface area (Å²) in [5.41, 5.74) is 1.43. The van der Waals surface area contributed by atoms with Crippen molar-refractivity contribution in [3.8, 4) is 17.2 Å². The summed E-state index contributed by atoms with van der Waals surface area (Å²) in [6.45, 7) is 3.15. The zero-order chi connectivity index (χ0) is 30.3. The van der Waals surface area contributed by atoms with Gasteiger partial charge < -0.3 is 35.1 Å². The second-order valence-electron chi connectivity index (χ2n) is 8.33. The van der Waals surface area contributed by atoms with Crippen molar-refractivity contribution in [2.45, 2.75) is 26.1 Å². The fourth-order valence-electron chi connectivity index (χ4n) is 3.78. The minimum Gasteiger partial charge on any atom is -0.502 e. The Hall–Kier alpha value is -5.45. The first-order valence-electron chi connectivity index (χ1n) is 11.8. The second-order valence-corrected chi connectivity index (χ2v) is 8.33. The lowest BCUT2D eigenvalue weighted by Gasteiger charge is -2.28. The molecule has 2 amide bonds. The summed E-state index contributed by atoms with van der Waals surface area (Å²) in [5, 5.41) is 51.2. The number of nitrogens with zero attached hydrogens (tertiary/aromatic N) is 3. The number of allylic oxidation sites excluding steroid dienone is 1. The van der Waals surface area contributed by atoms with Gasteiger partial charge in [0.2, 0.25) is 5.75 Å². The molecule has 0 radical (unpaired) electrons. The molecule has 3 rings (SSSR count). The van der Waals surface area contributed by atoms with Gasteiger partial charge in [0.15, 0.2) is 17.7 Å². The van der Waals surface area contributed by atoms with Gasteiger partial charge in [0.1, 0.15) is 6.61 Å². The summed E-state index contributed by atoms with van der Waals surface area (Å²) < 4.78 is 16.1. The Balaban J connectivity index is 1.74. The van der Waals surface area contributed by atoms with Crippen LogP contribution in [0.3, 0.4) is 0 Å². The Morgan fingerprint density at radius 3 is 2.56 bits per heavy atom. The molecule has 0 spiro atoms. The van der Waals surface area contributed by atoms with Crippen LogP contribution in [0.15, 0.2) is 46.7 Å². The number of rotatable bonds is 12. The van der Waals surface area contributed by atoms with Gasteiger partial charge in [0.25, 0.3) is 5.69 Å². The molecule has 2 aromatic rings. The van der Waals surface area contributed by atoms with E-state index in [-0.39, 0.29) is 35.8 Å². The Labute approximate surface area is 231 Å². The Kier molecular flexibility index (Phi) is 9.59. The number of urea groups is 1. The molecule has 2 aromatic carbocycles. The number of aliphatic hydroxyl groups is 1. The number of methoxy groups -OCH3 is 1. The number of phenols is 1. The minimum atomic E-state index is -1.43. The Bertz CT molecular complexity index is 1430. The number of phenolic OH excluding ortho intramolecular Hbond substituents is 1. The number of benzene rings is 2. The summed E-state index contributed by atoms with van der Waals surface area (Å²) >= 11 is 0. The molecular weight excluding hydrogens is 548 g/mol. The normalized spacial score (nSPS) is 15.5. The number of ether oxygens (including phenoxy) is 3. The first-order chi connectivity index (χ1) is 19.5. The Morgan fingerprint density at radius 2 is 1.93 bits per heavy atom. The number of hydrogen-bond acceptors (Lipinski definition) is 13. The van der Waals surface area contributed by atoms with E-state index in [9.17, 15) is 40.0 Å². The van der Waals surface area contributed by atoms with Crippen molar-refractivity contribution in [2.75, 3.05) is 20.3 Å². The van der Waals surface area contributed by atoms with Gasteiger partial charge in [-0.1, -0.05) is 6.07 Å². The summed E-state index contributed by atoms with van der Waals surface area (Å²) in [7, 11) is 1.22. The number of nitro benzene ring substituents is 2. The van der Waals surface area contributed by atoms with E-state index in [4.69, 9.17) is 14.2 Å². The highest BCUT2D eigenvalue weighted by Crippen LogP contribution is 2.35. The van der Waals surface area contributed by atoms with Gasteiger partial charge in [-0.3, -0.25) is 25.7 Å². The van der Waals surface area contributed by atoms with Crippen LogP contribution in [0.1, 0.15) is 31.0 Å². The third-order valence-electron chi connectivity index (χ3n) is 5.61.